The van der Waals surface area contributed by atoms with Gasteiger partial charge in [-0.2, -0.15) is 0 Å². The number of allylic oxidation sites excluding steroid dienone is 1. The van der Waals surface area contributed by atoms with Gasteiger partial charge in [-0.1, -0.05) is 0 Å². The predicted molar refractivity (Wildman–Crippen MR) is 14.6 cm³/mol. The molecule has 0 unspecified atom stereocenters. The van der Waals surface area contributed by atoms with E-state index >= 15 is 0 Å². The molecule has 0 spiro atoms. The third-order valence-corrected chi connectivity index (χ3v) is 0.0680. The average molecular weight is 156 g/mol. The SMILES string of the molecule is [CH-]=C[C-]=O.[V].[V]. The fraction of sp³-hybridized carbons (Fsp3) is 0. The van der Waals surface area contributed by atoms with Gasteiger partial charge in [0.1, 0.15) is 0 Å². The van der Waals surface area contributed by atoms with E-state index in [1.165, 1.54) is 6.29 Å². The molecule has 2 radical (unpaired) electrons. The Hall–Kier alpha value is 0.579. The van der Waals surface area contributed by atoms with E-state index in [1.807, 2.05) is 0 Å². The molecule has 0 aromatic heterocycles. The monoisotopic (exact) mass is 156 g/mol. The molecule has 32 valence electrons. The van der Waals surface area contributed by atoms with Gasteiger partial charge in [0.15, 0.2) is 0 Å². The van der Waals surface area contributed by atoms with Gasteiger partial charge in [0.05, 0.1) is 0 Å². The second kappa shape index (κ2) is 17.6. The van der Waals surface area contributed by atoms with Crippen LogP contribution in [0.5, 0.6) is 0 Å². The molecule has 0 aromatic carbocycles. The molecule has 6 heavy (non-hydrogen) atoms. The normalized spacial score (nSPS) is 3.33. The quantitative estimate of drug-likeness (QED) is 0.388. The van der Waals surface area contributed by atoms with Crippen molar-refractivity contribution in [2.45, 2.75) is 0 Å². The van der Waals surface area contributed by atoms with Crippen molar-refractivity contribution in [3.8, 4) is 0 Å². The Morgan fingerprint density at radius 2 is 1.67 bits per heavy atom. The van der Waals surface area contributed by atoms with Crippen LogP contribution in [0, 0.1) is 6.58 Å². The average Bonchev–Trinajstić information content (AvgIpc) is 1.37. The van der Waals surface area contributed by atoms with Crippen LogP contribution < -0.4 is 0 Å². The minimum Gasteiger partial charge on any atom is -0.547 e. The molecule has 0 saturated carbocycles. The zero-order chi connectivity index (χ0) is 3.41. The summed E-state index contributed by atoms with van der Waals surface area (Å²) in [5.74, 6) is 0. The number of hydrogen-bond donors (Lipinski definition) is 0. The molecule has 0 N–H and O–H groups in total. The first-order valence-corrected chi connectivity index (χ1v) is 0.826. The van der Waals surface area contributed by atoms with E-state index in [2.05, 4.69) is 6.58 Å². The van der Waals surface area contributed by atoms with Crippen LogP contribution in [-0.4, -0.2) is 6.29 Å². The number of carbonyl (C=O) groups excluding carboxylic acids is 1. The fourth-order valence-corrected chi connectivity index (χ4v) is 0. The Morgan fingerprint density at radius 3 is 1.67 bits per heavy atom. The molecule has 0 heterocycles. The molecule has 0 aliphatic heterocycles. The molecule has 0 aliphatic rings. The van der Waals surface area contributed by atoms with Gasteiger partial charge in [-0.3, -0.25) is 6.29 Å². The van der Waals surface area contributed by atoms with Crippen LogP contribution in [-0.2, 0) is 41.9 Å². The van der Waals surface area contributed by atoms with E-state index in [1.54, 1.807) is 0 Å². The Bertz CT molecular complexity index is 29.8. The first-order chi connectivity index (χ1) is 1.91. The van der Waals surface area contributed by atoms with Gasteiger partial charge in [0.25, 0.3) is 0 Å². The minimum atomic E-state index is 0. The maximum atomic E-state index is 8.87. The van der Waals surface area contributed by atoms with E-state index in [0.29, 0.717) is 0 Å². The second-order valence-corrected chi connectivity index (χ2v) is 0.285. The van der Waals surface area contributed by atoms with E-state index in [9.17, 15) is 0 Å². The van der Waals surface area contributed by atoms with Crippen LogP contribution in [0.1, 0.15) is 0 Å². The number of hydrogen-bond acceptors (Lipinski definition) is 1. The third-order valence-electron chi connectivity index (χ3n) is 0.0680. The van der Waals surface area contributed by atoms with Gasteiger partial charge in [0.2, 0.25) is 0 Å². The summed E-state index contributed by atoms with van der Waals surface area (Å²) in [6.45, 7) is 4.48. The van der Waals surface area contributed by atoms with Crippen molar-refractivity contribution in [3.05, 3.63) is 12.7 Å². The standard InChI is InChI=1S/C3H2O.2V/c1-2-3-4;;/h1-2H;;/q-2;;. The van der Waals surface area contributed by atoms with Gasteiger partial charge in [0, 0.05) is 37.1 Å². The Labute approximate surface area is 61.0 Å². The van der Waals surface area contributed by atoms with Gasteiger partial charge >= 0.3 is 0 Å². The molecule has 0 rings (SSSR count). The summed E-state index contributed by atoms with van der Waals surface area (Å²) in [4.78, 5) is 8.87. The topological polar surface area (TPSA) is 17.1 Å². The third kappa shape index (κ3) is 23.5. The molecule has 0 atom stereocenters. The summed E-state index contributed by atoms with van der Waals surface area (Å²) in [7, 11) is 0. The van der Waals surface area contributed by atoms with Crippen LogP contribution in [0.15, 0.2) is 6.08 Å². The molecule has 0 amide bonds. The maximum absolute atomic E-state index is 8.87. The molecular formula is C3H2OV2-2. The largest absolute Gasteiger partial charge is 0.547 e. The van der Waals surface area contributed by atoms with Crippen LogP contribution in [0.3, 0.4) is 0 Å². The van der Waals surface area contributed by atoms with Crippen molar-refractivity contribution in [3.63, 3.8) is 0 Å². The summed E-state index contributed by atoms with van der Waals surface area (Å²) < 4.78 is 0. The van der Waals surface area contributed by atoms with E-state index in [-0.39, 0.29) is 37.1 Å². The molecule has 0 saturated heterocycles. The Kier molecular flexibility index (Phi) is 46.9. The first kappa shape index (κ1) is 16.0. The smallest absolute Gasteiger partial charge is 0 e. The molecule has 0 fully saturated rings. The zero-order valence-electron chi connectivity index (χ0n) is 2.96. The number of rotatable bonds is 1. The fourth-order valence-electron chi connectivity index (χ4n) is 0. The summed E-state index contributed by atoms with van der Waals surface area (Å²) in [5, 5.41) is 0. The van der Waals surface area contributed by atoms with Crippen molar-refractivity contribution >= 4 is 6.29 Å². The molecule has 1 nitrogen and oxygen atoms in total. The van der Waals surface area contributed by atoms with Gasteiger partial charge in [-0.15, -0.1) is 0 Å². The Morgan fingerprint density at radius 1 is 1.50 bits per heavy atom. The van der Waals surface area contributed by atoms with Gasteiger partial charge in [-0.25, -0.2) is 0 Å². The van der Waals surface area contributed by atoms with Crippen molar-refractivity contribution in [1.82, 2.24) is 0 Å². The van der Waals surface area contributed by atoms with Gasteiger partial charge in [-0.05, 0) is 0 Å². The van der Waals surface area contributed by atoms with Crippen LogP contribution in [0.4, 0.5) is 0 Å². The summed E-state index contributed by atoms with van der Waals surface area (Å²) in [6, 6.07) is 0. The Balaban J connectivity index is -0.0000000450. The minimum absolute atomic E-state index is 0. The van der Waals surface area contributed by atoms with E-state index < -0.39 is 0 Å². The molecule has 3 heteroatoms. The van der Waals surface area contributed by atoms with E-state index in [4.69, 9.17) is 4.79 Å². The van der Waals surface area contributed by atoms with Crippen LogP contribution in [0.25, 0.3) is 0 Å². The van der Waals surface area contributed by atoms with Crippen molar-refractivity contribution in [2.75, 3.05) is 0 Å². The van der Waals surface area contributed by atoms with Crippen molar-refractivity contribution in [1.29, 1.82) is 0 Å². The van der Waals surface area contributed by atoms with E-state index in [0.717, 1.165) is 6.08 Å². The molecular weight excluding hydrogens is 154 g/mol. The first-order valence-electron chi connectivity index (χ1n) is 0.826. The molecule has 0 aliphatic carbocycles. The molecule has 0 aromatic rings. The second-order valence-electron chi connectivity index (χ2n) is 0.285. The van der Waals surface area contributed by atoms with Crippen molar-refractivity contribution in [2.24, 2.45) is 0 Å². The van der Waals surface area contributed by atoms with Crippen molar-refractivity contribution < 1.29 is 41.9 Å². The predicted octanol–water partition coefficient (Wildman–Crippen LogP) is 0.0803. The zero-order valence-corrected chi connectivity index (χ0v) is 5.75. The summed E-state index contributed by atoms with van der Waals surface area (Å²) >= 11 is 0. The van der Waals surface area contributed by atoms with Crippen LogP contribution in [0.2, 0.25) is 0 Å². The maximum Gasteiger partial charge on any atom is 0 e. The summed E-state index contributed by atoms with van der Waals surface area (Å²) in [5.41, 5.74) is 0. The van der Waals surface area contributed by atoms with Crippen LogP contribution >= 0.6 is 0 Å². The molecule has 0 bridgehead atoms. The van der Waals surface area contributed by atoms with Gasteiger partial charge < -0.3 is 17.4 Å². The summed E-state index contributed by atoms with van der Waals surface area (Å²) in [6.07, 6.45) is 2.15.